The monoisotopic (exact) mass is 256 g/mol. The van der Waals surface area contributed by atoms with Gasteiger partial charge >= 0.3 is 0 Å². The van der Waals surface area contributed by atoms with Gasteiger partial charge in [0.25, 0.3) is 5.91 Å². The van der Waals surface area contributed by atoms with Gasteiger partial charge in [-0.2, -0.15) is 0 Å². The molecule has 0 saturated heterocycles. The van der Waals surface area contributed by atoms with Crippen LogP contribution in [-0.4, -0.2) is 5.91 Å². The third-order valence-electron chi connectivity index (χ3n) is 2.44. The van der Waals surface area contributed by atoms with E-state index in [0.717, 1.165) is 5.56 Å². The molecule has 19 heavy (non-hydrogen) atoms. The summed E-state index contributed by atoms with van der Waals surface area (Å²) in [7, 11) is 0. The SMILES string of the molecule is CC.Nc1cccc(CNC(=O)c2ccccc2)c1. The molecule has 0 bridgehead atoms. The number of carbonyl (C=O) groups excluding carboxylic acids is 1. The van der Waals surface area contributed by atoms with Crippen LogP contribution in [0, 0.1) is 0 Å². The van der Waals surface area contributed by atoms with Gasteiger partial charge in [-0.3, -0.25) is 4.79 Å². The van der Waals surface area contributed by atoms with E-state index in [1.807, 2.05) is 56.3 Å². The Morgan fingerprint density at radius 3 is 2.37 bits per heavy atom. The number of hydrogen-bond acceptors (Lipinski definition) is 2. The van der Waals surface area contributed by atoms with Crippen molar-refractivity contribution in [3.63, 3.8) is 0 Å². The molecule has 0 fully saturated rings. The molecule has 1 amide bonds. The summed E-state index contributed by atoms with van der Waals surface area (Å²) in [6, 6.07) is 16.6. The number of hydrogen-bond donors (Lipinski definition) is 2. The van der Waals surface area contributed by atoms with Crippen LogP contribution in [-0.2, 0) is 6.54 Å². The summed E-state index contributed by atoms with van der Waals surface area (Å²) in [5.74, 6) is -0.0759. The molecule has 3 nitrogen and oxygen atoms in total. The van der Waals surface area contributed by atoms with Gasteiger partial charge in [-0.1, -0.05) is 44.2 Å². The molecular weight excluding hydrogens is 236 g/mol. The van der Waals surface area contributed by atoms with E-state index < -0.39 is 0 Å². The zero-order valence-electron chi connectivity index (χ0n) is 11.4. The van der Waals surface area contributed by atoms with Crippen molar-refractivity contribution in [2.24, 2.45) is 0 Å². The molecule has 100 valence electrons. The first-order valence-electron chi connectivity index (χ1n) is 6.43. The lowest BCUT2D eigenvalue weighted by Crippen LogP contribution is -2.22. The molecule has 0 aliphatic heterocycles. The van der Waals surface area contributed by atoms with Crippen LogP contribution in [0.15, 0.2) is 54.6 Å². The molecule has 0 aliphatic carbocycles. The van der Waals surface area contributed by atoms with Crippen molar-refractivity contribution >= 4 is 11.6 Å². The van der Waals surface area contributed by atoms with E-state index in [2.05, 4.69) is 5.32 Å². The third kappa shape index (κ3) is 4.84. The first-order chi connectivity index (χ1) is 9.25. The fourth-order valence-electron chi connectivity index (χ4n) is 1.58. The maximum atomic E-state index is 11.8. The van der Waals surface area contributed by atoms with E-state index in [1.165, 1.54) is 0 Å². The molecule has 0 saturated carbocycles. The molecule has 0 aromatic heterocycles. The summed E-state index contributed by atoms with van der Waals surface area (Å²) in [6.45, 7) is 4.48. The quantitative estimate of drug-likeness (QED) is 0.828. The molecule has 3 heteroatoms. The highest BCUT2D eigenvalue weighted by molar-refractivity contribution is 5.94. The van der Waals surface area contributed by atoms with Gasteiger partial charge in [-0.25, -0.2) is 0 Å². The second-order valence-electron chi connectivity index (χ2n) is 3.79. The van der Waals surface area contributed by atoms with E-state index in [1.54, 1.807) is 12.1 Å². The van der Waals surface area contributed by atoms with Gasteiger partial charge in [0, 0.05) is 17.8 Å². The fraction of sp³-hybridized carbons (Fsp3) is 0.188. The Morgan fingerprint density at radius 2 is 1.74 bits per heavy atom. The Bertz CT molecular complexity index is 509. The van der Waals surface area contributed by atoms with Crippen molar-refractivity contribution in [2.75, 3.05) is 5.73 Å². The van der Waals surface area contributed by atoms with Crippen molar-refractivity contribution in [2.45, 2.75) is 20.4 Å². The first-order valence-corrected chi connectivity index (χ1v) is 6.43. The fourth-order valence-corrected chi connectivity index (χ4v) is 1.58. The Labute approximate surface area is 114 Å². The van der Waals surface area contributed by atoms with Gasteiger partial charge in [-0.05, 0) is 29.8 Å². The Morgan fingerprint density at radius 1 is 1.05 bits per heavy atom. The van der Waals surface area contributed by atoms with Crippen molar-refractivity contribution in [3.05, 3.63) is 65.7 Å². The predicted octanol–water partition coefficient (Wildman–Crippen LogP) is 3.23. The molecule has 0 unspecified atom stereocenters. The zero-order valence-corrected chi connectivity index (χ0v) is 11.4. The standard InChI is InChI=1S/C14H14N2O.C2H6/c15-13-8-4-5-11(9-13)10-16-14(17)12-6-2-1-3-7-12;1-2/h1-9H,10,15H2,(H,16,17);1-2H3. The smallest absolute Gasteiger partial charge is 0.251 e. The van der Waals surface area contributed by atoms with Crippen LogP contribution in [0.2, 0.25) is 0 Å². The highest BCUT2D eigenvalue weighted by atomic mass is 16.1. The number of rotatable bonds is 3. The number of amides is 1. The topological polar surface area (TPSA) is 55.1 Å². The second-order valence-corrected chi connectivity index (χ2v) is 3.79. The van der Waals surface area contributed by atoms with Crippen LogP contribution in [0.1, 0.15) is 29.8 Å². The largest absolute Gasteiger partial charge is 0.399 e. The molecule has 2 rings (SSSR count). The third-order valence-corrected chi connectivity index (χ3v) is 2.44. The maximum absolute atomic E-state index is 11.8. The number of nitrogens with two attached hydrogens (primary N) is 1. The summed E-state index contributed by atoms with van der Waals surface area (Å²) in [4.78, 5) is 11.8. The lowest BCUT2D eigenvalue weighted by atomic mass is 10.2. The van der Waals surface area contributed by atoms with Crippen LogP contribution in [0.5, 0.6) is 0 Å². The number of nitrogen functional groups attached to an aromatic ring is 1. The van der Waals surface area contributed by atoms with Gasteiger partial charge in [0.05, 0.1) is 0 Å². The molecule has 0 aliphatic rings. The Kier molecular flexibility index (Phi) is 6.16. The van der Waals surface area contributed by atoms with Crippen molar-refractivity contribution in [1.29, 1.82) is 0 Å². The van der Waals surface area contributed by atoms with E-state index in [4.69, 9.17) is 5.73 Å². The van der Waals surface area contributed by atoms with Crippen LogP contribution in [0.3, 0.4) is 0 Å². The van der Waals surface area contributed by atoms with Gasteiger partial charge in [0.15, 0.2) is 0 Å². The molecule has 0 atom stereocenters. The number of carbonyl (C=O) groups is 1. The van der Waals surface area contributed by atoms with Gasteiger partial charge in [0.1, 0.15) is 0 Å². The predicted molar refractivity (Wildman–Crippen MR) is 79.8 cm³/mol. The van der Waals surface area contributed by atoms with E-state index >= 15 is 0 Å². The van der Waals surface area contributed by atoms with Crippen LogP contribution in [0.25, 0.3) is 0 Å². The Balaban J connectivity index is 0.000000861. The number of benzene rings is 2. The minimum Gasteiger partial charge on any atom is -0.399 e. The van der Waals surface area contributed by atoms with Crippen LogP contribution >= 0.6 is 0 Å². The van der Waals surface area contributed by atoms with Gasteiger partial charge in [-0.15, -0.1) is 0 Å². The molecule has 0 spiro atoms. The average Bonchev–Trinajstić information content (AvgIpc) is 2.48. The number of nitrogens with one attached hydrogen (secondary N) is 1. The lowest BCUT2D eigenvalue weighted by Gasteiger charge is -2.05. The average molecular weight is 256 g/mol. The summed E-state index contributed by atoms with van der Waals surface area (Å²) >= 11 is 0. The second kappa shape index (κ2) is 7.93. The first kappa shape index (κ1) is 14.8. The summed E-state index contributed by atoms with van der Waals surface area (Å²) < 4.78 is 0. The van der Waals surface area contributed by atoms with E-state index in [0.29, 0.717) is 17.8 Å². The zero-order chi connectivity index (χ0) is 14.1. The van der Waals surface area contributed by atoms with E-state index in [-0.39, 0.29) is 5.91 Å². The van der Waals surface area contributed by atoms with Crippen LogP contribution in [0.4, 0.5) is 5.69 Å². The summed E-state index contributed by atoms with van der Waals surface area (Å²) in [5.41, 5.74) is 8.03. The normalized spacial score (nSPS) is 9.16. The summed E-state index contributed by atoms with van der Waals surface area (Å²) in [5, 5.41) is 2.85. The highest BCUT2D eigenvalue weighted by Crippen LogP contribution is 2.06. The van der Waals surface area contributed by atoms with Gasteiger partial charge in [0.2, 0.25) is 0 Å². The molecule has 0 heterocycles. The minimum absolute atomic E-state index is 0.0759. The van der Waals surface area contributed by atoms with E-state index in [9.17, 15) is 4.79 Å². The van der Waals surface area contributed by atoms with Crippen LogP contribution < -0.4 is 11.1 Å². The highest BCUT2D eigenvalue weighted by Gasteiger charge is 2.03. The number of anilines is 1. The minimum atomic E-state index is -0.0759. The molecular formula is C16H20N2O. The van der Waals surface area contributed by atoms with Crippen molar-refractivity contribution in [1.82, 2.24) is 5.32 Å². The molecule has 2 aromatic rings. The lowest BCUT2D eigenvalue weighted by molar-refractivity contribution is 0.0951. The molecule has 0 radical (unpaired) electrons. The maximum Gasteiger partial charge on any atom is 0.251 e. The summed E-state index contributed by atoms with van der Waals surface area (Å²) in [6.07, 6.45) is 0. The molecule has 3 N–H and O–H groups in total. The van der Waals surface area contributed by atoms with Crippen molar-refractivity contribution < 1.29 is 4.79 Å². The molecule has 2 aromatic carbocycles. The van der Waals surface area contributed by atoms with Crippen molar-refractivity contribution in [3.8, 4) is 0 Å². The van der Waals surface area contributed by atoms with Gasteiger partial charge < -0.3 is 11.1 Å². The Hall–Kier alpha value is -2.29.